The normalized spacial score (nSPS) is 10.4. The lowest BCUT2D eigenvalue weighted by atomic mass is 10.1. The molecular weight excluding hydrogens is 510 g/mol. The van der Waals surface area contributed by atoms with Gasteiger partial charge in [-0.25, -0.2) is 0 Å². The summed E-state index contributed by atoms with van der Waals surface area (Å²) in [4.78, 5) is 24.5. The summed E-state index contributed by atoms with van der Waals surface area (Å²) < 4.78 is 7.10. The Morgan fingerprint density at radius 2 is 1.57 bits per heavy atom. The quantitative estimate of drug-likeness (QED) is 0.408. The van der Waals surface area contributed by atoms with Crippen molar-refractivity contribution in [2.75, 3.05) is 0 Å². The summed E-state index contributed by atoms with van der Waals surface area (Å²) in [6, 6.07) is 10.2. The van der Waals surface area contributed by atoms with E-state index in [2.05, 4.69) is 48.0 Å². The highest BCUT2D eigenvalue weighted by atomic mass is 79.9. The summed E-state index contributed by atoms with van der Waals surface area (Å²) >= 11 is 11.8. The first-order valence-electron chi connectivity index (χ1n) is 8.31. The van der Waals surface area contributed by atoms with E-state index < -0.39 is 5.91 Å². The standard InChI is InChI=1S/C19H19Br2N3O3S/c1-10(2)27-16-7-6-12(9-15(16)21)17(25)22-19(28)24-23-18(26)13-5-4-11(3)14(20)8-13/h4-10H,1-3H3,(H,23,26)(H2,22,24,25,28). The Hall–Kier alpha value is -1.97. The first kappa shape index (κ1) is 22.3. The molecule has 0 atom stereocenters. The molecule has 0 heterocycles. The number of rotatable bonds is 4. The Balaban J connectivity index is 1.91. The number of benzene rings is 2. The van der Waals surface area contributed by atoms with Gasteiger partial charge in [-0.2, -0.15) is 0 Å². The van der Waals surface area contributed by atoms with Crippen molar-refractivity contribution in [3.05, 3.63) is 62.0 Å². The van der Waals surface area contributed by atoms with Gasteiger partial charge in [0, 0.05) is 15.6 Å². The molecule has 28 heavy (non-hydrogen) atoms. The molecule has 0 fully saturated rings. The molecule has 6 nitrogen and oxygen atoms in total. The molecule has 0 unspecified atom stereocenters. The molecule has 0 aromatic heterocycles. The van der Waals surface area contributed by atoms with Crippen molar-refractivity contribution in [2.24, 2.45) is 0 Å². The van der Waals surface area contributed by atoms with Gasteiger partial charge in [-0.3, -0.25) is 25.8 Å². The highest BCUT2D eigenvalue weighted by Gasteiger charge is 2.13. The van der Waals surface area contributed by atoms with E-state index in [4.69, 9.17) is 17.0 Å². The van der Waals surface area contributed by atoms with Gasteiger partial charge in [0.1, 0.15) is 5.75 Å². The number of ether oxygens (including phenoxy) is 1. The Morgan fingerprint density at radius 1 is 0.964 bits per heavy atom. The van der Waals surface area contributed by atoms with Gasteiger partial charge < -0.3 is 4.74 Å². The number of hydrazine groups is 1. The predicted octanol–water partition coefficient (Wildman–Crippen LogP) is 4.26. The van der Waals surface area contributed by atoms with Crippen molar-refractivity contribution < 1.29 is 14.3 Å². The van der Waals surface area contributed by atoms with E-state index >= 15 is 0 Å². The second kappa shape index (κ2) is 9.99. The summed E-state index contributed by atoms with van der Waals surface area (Å²) in [7, 11) is 0. The van der Waals surface area contributed by atoms with Crippen LogP contribution in [-0.2, 0) is 0 Å². The molecule has 3 N–H and O–H groups in total. The van der Waals surface area contributed by atoms with Crippen molar-refractivity contribution in [3.8, 4) is 5.75 Å². The Labute approximate surface area is 185 Å². The SMILES string of the molecule is Cc1ccc(C(=O)NNC(=S)NC(=O)c2ccc(OC(C)C)c(Br)c2)cc1Br. The molecule has 0 aliphatic carbocycles. The van der Waals surface area contributed by atoms with Crippen LogP contribution >= 0.6 is 44.1 Å². The van der Waals surface area contributed by atoms with Gasteiger partial charge in [0.15, 0.2) is 5.11 Å². The maximum atomic E-state index is 12.3. The van der Waals surface area contributed by atoms with E-state index in [-0.39, 0.29) is 17.1 Å². The lowest BCUT2D eigenvalue weighted by molar-refractivity contribution is 0.0934. The molecule has 2 aromatic carbocycles. The molecule has 2 aromatic rings. The van der Waals surface area contributed by atoms with Crippen LogP contribution < -0.4 is 20.9 Å². The summed E-state index contributed by atoms with van der Waals surface area (Å²) in [5.41, 5.74) is 6.82. The van der Waals surface area contributed by atoms with Gasteiger partial charge in [0.2, 0.25) is 0 Å². The van der Waals surface area contributed by atoms with Crippen LogP contribution in [0.25, 0.3) is 0 Å². The number of thiocarbonyl (C=S) groups is 1. The number of nitrogens with one attached hydrogen (secondary N) is 3. The molecule has 2 amide bonds. The predicted molar refractivity (Wildman–Crippen MR) is 119 cm³/mol. The summed E-state index contributed by atoms with van der Waals surface area (Å²) in [6.45, 7) is 5.76. The minimum atomic E-state index is -0.415. The maximum absolute atomic E-state index is 12.3. The van der Waals surface area contributed by atoms with Crippen molar-refractivity contribution >= 4 is 61.0 Å². The van der Waals surface area contributed by atoms with Gasteiger partial charge in [0.05, 0.1) is 10.6 Å². The minimum absolute atomic E-state index is 0.0190. The number of halogens is 2. The molecule has 0 saturated carbocycles. The first-order valence-corrected chi connectivity index (χ1v) is 10.3. The zero-order chi connectivity index (χ0) is 20.8. The smallest absolute Gasteiger partial charge is 0.269 e. The number of carbonyl (C=O) groups is 2. The summed E-state index contributed by atoms with van der Waals surface area (Å²) in [5.74, 6) is -0.152. The average molecular weight is 529 g/mol. The summed E-state index contributed by atoms with van der Waals surface area (Å²) in [6.07, 6.45) is 0.0190. The highest BCUT2D eigenvalue weighted by molar-refractivity contribution is 9.10. The average Bonchev–Trinajstić information content (AvgIpc) is 2.63. The Morgan fingerprint density at radius 3 is 2.18 bits per heavy atom. The monoisotopic (exact) mass is 527 g/mol. The molecular formula is C19H19Br2N3O3S. The lowest BCUT2D eigenvalue weighted by Gasteiger charge is -2.13. The molecule has 0 saturated heterocycles. The first-order chi connectivity index (χ1) is 13.2. The third kappa shape index (κ3) is 6.29. The molecule has 0 bridgehead atoms. The van der Waals surface area contributed by atoms with Gasteiger partial charge >= 0.3 is 0 Å². The molecule has 0 radical (unpaired) electrons. The molecule has 0 spiro atoms. The van der Waals surface area contributed by atoms with Crippen LogP contribution in [0.4, 0.5) is 0 Å². The minimum Gasteiger partial charge on any atom is -0.490 e. The molecule has 9 heteroatoms. The fourth-order valence-corrected chi connectivity index (χ4v) is 3.11. The van der Waals surface area contributed by atoms with Gasteiger partial charge in [-0.15, -0.1) is 0 Å². The van der Waals surface area contributed by atoms with E-state index in [1.165, 1.54) is 0 Å². The topological polar surface area (TPSA) is 79.5 Å². The second-order valence-electron chi connectivity index (χ2n) is 6.14. The Bertz CT molecular complexity index is 919. The van der Waals surface area contributed by atoms with Crippen LogP contribution in [0.2, 0.25) is 0 Å². The molecule has 0 aliphatic rings. The van der Waals surface area contributed by atoms with Gasteiger partial charge in [0.25, 0.3) is 11.8 Å². The van der Waals surface area contributed by atoms with E-state index in [0.29, 0.717) is 21.3 Å². The number of carbonyl (C=O) groups excluding carboxylic acids is 2. The maximum Gasteiger partial charge on any atom is 0.269 e. The second-order valence-corrected chi connectivity index (χ2v) is 8.26. The van der Waals surface area contributed by atoms with E-state index in [1.54, 1.807) is 30.3 Å². The zero-order valence-electron chi connectivity index (χ0n) is 15.4. The van der Waals surface area contributed by atoms with Crippen molar-refractivity contribution in [1.29, 1.82) is 0 Å². The van der Waals surface area contributed by atoms with Crippen LogP contribution in [0.5, 0.6) is 5.75 Å². The third-order valence-corrected chi connectivity index (χ3v) is 5.19. The number of amides is 2. The molecule has 148 valence electrons. The van der Waals surface area contributed by atoms with Crippen LogP contribution in [0.1, 0.15) is 40.1 Å². The number of hydrogen-bond acceptors (Lipinski definition) is 4. The zero-order valence-corrected chi connectivity index (χ0v) is 19.4. The Kier molecular flexibility index (Phi) is 7.97. The van der Waals surface area contributed by atoms with Crippen LogP contribution in [0.3, 0.4) is 0 Å². The summed E-state index contributed by atoms with van der Waals surface area (Å²) in [5, 5.41) is 2.48. The number of hydrogen-bond donors (Lipinski definition) is 3. The third-order valence-electron chi connectivity index (χ3n) is 3.51. The van der Waals surface area contributed by atoms with Crippen LogP contribution in [-0.4, -0.2) is 23.0 Å². The van der Waals surface area contributed by atoms with E-state index in [9.17, 15) is 9.59 Å². The molecule has 2 rings (SSSR count). The van der Waals surface area contributed by atoms with Crippen molar-refractivity contribution in [1.82, 2.24) is 16.2 Å². The van der Waals surface area contributed by atoms with Crippen LogP contribution in [0.15, 0.2) is 45.3 Å². The number of aryl methyl sites for hydroxylation is 1. The van der Waals surface area contributed by atoms with Crippen LogP contribution in [0, 0.1) is 6.92 Å². The fourth-order valence-electron chi connectivity index (χ4n) is 2.12. The van der Waals surface area contributed by atoms with E-state index in [1.807, 2.05) is 26.8 Å². The van der Waals surface area contributed by atoms with E-state index in [0.717, 1.165) is 10.0 Å². The van der Waals surface area contributed by atoms with Crippen molar-refractivity contribution in [3.63, 3.8) is 0 Å². The fraction of sp³-hybridized carbons (Fsp3) is 0.211. The van der Waals surface area contributed by atoms with Gasteiger partial charge in [-0.1, -0.05) is 22.0 Å². The molecule has 0 aliphatic heterocycles. The lowest BCUT2D eigenvalue weighted by Crippen LogP contribution is -2.48. The van der Waals surface area contributed by atoms with Gasteiger partial charge in [-0.05, 0) is 84.8 Å². The van der Waals surface area contributed by atoms with Crippen molar-refractivity contribution in [2.45, 2.75) is 26.9 Å². The highest BCUT2D eigenvalue weighted by Crippen LogP contribution is 2.27. The largest absolute Gasteiger partial charge is 0.490 e.